The number of carboxylic acid groups (broad SMARTS) is 1. The number of ether oxygens (including phenoxy) is 2. The van der Waals surface area contributed by atoms with E-state index in [2.05, 4.69) is 10.6 Å². The summed E-state index contributed by atoms with van der Waals surface area (Å²) < 4.78 is 11.2. The Balaban J connectivity index is 1.37. The van der Waals surface area contributed by atoms with E-state index in [4.69, 9.17) is 32.7 Å². The number of alkyl carbamates (subject to hydrolysis) is 1. The number of aliphatic carboxylic acids is 1. The van der Waals surface area contributed by atoms with Crippen molar-refractivity contribution in [2.24, 2.45) is 5.92 Å². The molecule has 1 saturated heterocycles. The van der Waals surface area contributed by atoms with Gasteiger partial charge in [0.05, 0.1) is 19.6 Å². The first-order chi connectivity index (χ1) is 21.7. The summed E-state index contributed by atoms with van der Waals surface area (Å²) in [5.41, 5.74) is -0.833. The minimum Gasteiger partial charge on any atom is -0.479 e. The minimum atomic E-state index is -1.48. The zero-order chi connectivity index (χ0) is 33.4. The molecule has 3 heterocycles. The zero-order valence-electron chi connectivity index (χ0n) is 26.1. The van der Waals surface area contributed by atoms with Gasteiger partial charge in [-0.1, -0.05) is 48.2 Å². The van der Waals surface area contributed by atoms with Crippen molar-refractivity contribution in [2.45, 2.75) is 108 Å². The number of hydrogen-bond donors (Lipinski definition) is 3. The highest BCUT2D eigenvalue weighted by molar-refractivity contribution is 6.34. The molecular weight excluding hydrogens is 639 g/mol. The maximum Gasteiger partial charge on any atom is 0.410 e. The molecule has 0 aromatic heterocycles. The van der Waals surface area contributed by atoms with Gasteiger partial charge >= 0.3 is 18.2 Å². The van der Waals surface area contributed by atoms with E-state index in [1.165, 1.54) is 9.80 Å². The quantitative estimate of drug-likeness (QED) is 0.386. The number of carbonyl (C=O) groups is 5. The molecule has 0 radical (unpaired) electrons. The first-order valence-corrected chi connectivity index (χ1v) is 16.4. The molecule has 46 heavy (non-hydrogen) atoms. The van der Waals surface area contributed by atoms with E-state index in [0.717, 1.165) is 30.4 Å². The summed E-state index contributed by atoms with van der Waals surface area (Å²) >= 11 is 12.7. The number of allylic oxidation sites excluding steroid dienone is 1. The number of hydrogen-bond acceptors (Lipinski definition) is 7. The van der Waals surface area contributed by atoms with Crippen LogP contribution in [0.2, 0.25) is 10.0 Å². The Bertz CT molecular complexity index is 1410. The van der Waals surface area contributed by atoms with Gasteiger partial charge in [0.2, 0.25) is 11.8 Å². The van der Waals surface area contributed by atoms with Crippen LogP contribution in [0.25, 0.3) is 0 Å². The Labute approximate surface area is 277 Å². The maximum absolute atomic E-state index is 14.1. The van der Waals surface area contributed by atoms with Crippen molar-refractivity contribution in [1.82, 2.24) is 20.4 Å². The van der Waals surface area contributed by atoms with Crippen molar-refractivity contribution >= 4 is 53.2 Å². The van der Waals surface area contributed by atoms with Gasteiger partial charge in [-0.3, -0.25) is 14.5 Å². The lowest BCUT2D eigenvalue weighted by Crippen LogP contribution is -2.56. The van der Waals surface area contributed by atoms with Crippen LogP contribution in [0, 0.1) is 5.92 Å². The number of amides is 4. The van der Waals surface area contributed by atoms with E-state index < -0.39 is 59.3 Å². The van der Waals surface area contributed by atoms with Crippen LogP contribution in [0.4, 0.5) is 9.59 Å². The molecule has 5 atom stereocenters. The highest BCUT2D eigenvalue weighted by Gasteiger charge is 2.61. The number of benzene rings is 1. The van der Waals surface area contributed by atoms with Crippen LogP contribution in [0.5, 0.6) is 0 Å². The predicted molar refractivity (Wildman–Crippen MR) is 168 cm³/mol. The van der Waals surface area contributed by atoms with Gasteiger partial charge in [-0.05, 0) is 69.7 Å². The summed E-state index contributed by atoms with van der Waals surface area (Å²) in [5.74, 6) is -2.74. The van der Waals surface area contributed by atoms with Crippen molar-refractivity contribution in [2.75, 3.05) is 6.54 Å². The van der Waals surface area contributed by atoms with Gasteiger partial charge < -0.3 is 30.1 Å². The maximum atomic E-state index is 14.1. The Morgan fingerprint density at radius 2 is 1.74 bits per heavy atom. The molecule has 2 fully saturated rings. The van der Waals surface area contributed by atoms with E-state index in [1.54, 1.807) is 32.9 Å². The molecule has 3 N–H and O–H groups in total. The second-order valence-corrected chi connectivity index (χ2v) is 14.2. The van der Waals surface area contributed by atoms with Crippen LogP contribution < -0.4 is 10.6 Å². The zero-order valence-corrected chi connectivity index (χ0v) is 27.7. The van der Waals surface area contributed by atoms with Gasteiger partial charge in [-0.25, -0.2) is 14.4 Å². The molecule has 3 aliphatic heterocycles. The van der Waals surface area contributed by atoms with Crippen LogP contribution in [-0.2, 0) is 36.9 Å². The molecule has 1 aromatic carbocycles. The Hall–Kier alpha value is -3.51. The first kappa shape index (κ1) is 33.8. The molecular formula is C32H40Cl2N4O8. The lowest BCUT2D eigenvalue weighted by atomic mass is 10.0. The summed E-state index contributed by atoms with van der Waals surface area (Å²) in [4.78, 5) is 69.0. The summed E-state index contributed by atoms with van der Waals surface area (Å²) in [6, 6.07) is 1.17. The Kier molecular flexibility index (Phi) is 9.79. The Morgan fingerprint density at radius 1 is 1.07 bits per heavy atom. The van der Waals surface area contributed by atoms with Crippen molar-refractivity contribution in [1.29, 1.82) is 0 Å². The Morgan fingerprint density at radius 3 is 2.37 bits per heavy atom. The number of nitrogens with one attached hydrogen (secondary N) is 2. The third-order valence-electron chi connectivity index (χ3n) is 8.85. The molecule has 0 spiro atoms. The average molecular weight is 680 g/mol. The summed E-state index contributed by atoms with van der Waals surface area (Å²) in [7, 11) is 0. The van der Waals surface area contributed by atoms with Crippen LogP contribution in [-0.4, -0.2) is 80.7 Å². The largest absolute Gasteiger partial charge is 0.479 e. The van der Waals surface area contributed by atoms with E-state index in [-0.39, 0.29) is 38.4 Å². The van der Waals surface area contributed by atoms with Crippen molar-refractivity contribution in [3.8, 4) is 0 Å². The average Bonchev–Trinajstić information content (AvgIpc) is 3.29. The standard InChI is InChI=1S/C32H40Cl2N4O8/c1-31(2,3)46-29(43)35-24-10-8-6-4-5-7-9-18-14-32(18,28(41)42)36-26(39)25-13-19(15-38(25)27(24)40)45-30(44)37-16-20-21(17-37)23(34)12-11-22(20)33/h7,9,11-12,18-19,24-25H,4-6,8,10,13-17H2,1-3H3,(H,35,43)(H,36,39)(H,41,42)/t18-,19-,24+,25+,32-/m1/s1. The third kappa shape index (κ3) is 7.38. The lowest BCUT2D eigenvalue weighted by Gasteiger charge is -2.30. The molecule has 14 heteroatoms. The minimum absolute atomic E-state index is 0.0546. The molecule has 1 aliphatic carbocycles. The van der Waals surface area contributed by atoms with E-state index in [1.807, 2.05) is 12.2 Å². The number of carboxylic acids is 1. The van der Waals surface area contributed by atoms with Gasteiger partial charge in [-0.15, -0.1) is 0 Å². The van der Waals surface area contributed by atoms with E-state index in [9.17, 15) is 29.1 Å². The highest BCUT2D eigenvalue weighted by atomic mass is 35.5. The van der Waals surface area contributed by atoms with Gasteiger partial charge in [0, 0.05) is 22.4 Å². The molecule has 4 aliphatic rings. The smallest absolute Gasteiger partial charge is 0.410 e. The number of fused-ring (bicyclic) bond motifs is 3. The topological polar surface area (TPSA) is 155 Å². The molecule has 1 saturated carbocycles. The van der Waals surface area contributed by atoms with Crippen LogP contribution >= 0.6 is 23.2 Å². The molecule has 0 unspecified atom stereocenters. The predicted octanol–water partition coefficient (Wildman–Crippen LogP) is 4.79. The SMILES string of the molecule is CC(C)(C)OC(=O)N[C@H]1CCCCCC=C[C@@H]2C[C@@]2(C(=O)O)NC(=O)[C@@H]2C[C@@H](OC(=O)N3Cc4c(Cl)ccc(Cl)c4C3)CN2C1=O. The van der Waals surface area contributed by atoms with Gasteiger partial charge in [0.15, 0.2) is 0 Å². The fourth-order valence-electron chi connectivity index (χ4n) is 6.36. The fraction of sp³-hybridized carbons (Fsp3) is 0.594. The molecule has 4 amide bonds. The van der Waals surface area contributed by atoms with Crippen LogP contribution in [0.1, 0.15) is 76.8 Å². The van der Waals surface area contributed by atoms with Crippen molar-refractivity contribution in [3.63, 3.8) is 0 Å². The number of halogens is 2. The number of nitrogens with zero attached hydrogens (tertiary/aromatic N) is 2. The third-order valence-corrected chi connectivity index (χ3v) is 9.56. The van der Waals surface area contributed by atoms with Crippen molar-refractivity contribution < 1.29 is 38.6 Å². The first-order valence-electron chi connectivity index (χ1n) is 15.6. The number of rotatable bonds is 3. The van der Waals surface area contributed by atoms with Gasteiger partial charge in [-0.2, -0.15) is 0 Å². The molecule has 5 rings (SSSR count). The molecule has 250 valence electrons. The van der Waals surface area contributed by atoms with E-state index in [0.29, 0.717) is 22.9 Å². The summed E-state index contributed by atoms with van der Waals surface area (Å²) in [6.07, 6.45) is 4.84. The van der Waals surface area contributed by atoms with Gasteiger partial charge in [0.1, 0.15) is 29.3 Å². The summed E-state index contributed by atoms with van der Waals surface area (Å²) in [6.45, 7) is 5.38. The second-order valence-electron chi connectivity index (χ2n) is 13.4. The lowest BCUT2D eigenvalue weighted by molar-refractivity contribution is -0.145. The van der Waals surface area contributed by atoms with Gasteiger partial charge in [0.25, 0.3) is 0 Å². The molecule has 12 nitrogen and oxygen atoms in total. The second kappa shape index (κ2) is 13.3. The highest BCUT2D eigenvalue weighted by Crippen LogP contribution is 2.45. The number of carbonyl (C=O) groups excluding carboxylic acids is 4. The monoisotopic (exact) mass is 678 g/mol. The normalized spacial score (nSPS) is 28.2. The van der Waals surface area contributed by atoms with Crippen LogP contribution in [0.3, 0.4) is 0 Å². The van der Waals surface area contributed by atoms with Crippen LogP contribution in [0.15, 0.2) is 24.3 Å². The molecule has 1 aromatic rings. The fourth-order valence-corrected chi connectivity index (χ4v) is 6.83. The molecule has 0 bridgehead atoms. The van der Waals surface area contributed by atoms with E-state index >= 15 is 0 Å². The van der Waals surface area contributed by atoms with Crippen molar-refractivity contribution in [3.05, 3.63) is 45.5 Å². The summed E-state index contributed by atoms with van der Waals surface area (Å²) in [5, 5.41) is 16.4.